The predicted molar refractivity (Wildman–Crippen MR) is 99.1 cm³/mol. The lowest BCUT2D eigenvalue weighted by Crippen LogP contribution is -2.41. The summed E-state index contributed by atoms with van der Waals surface area (Å²) in [6.45, 7) is 4.40. The highest BCUT2D eigenvalue weighted by molar-refractivity contribution is 5.70. The van der Waals surface area contributed by atoms with Gasteiger partial charge in [0.25, 0.3) is 5.56 Å². The van der Waals surface area contributed by atoms with Gasteiger partial charge in [0.1, 0.15) is 12.3 Å². The predicted octanol–water partition coefficient (Wildman–Crippen LogP) is 1.54. The van der Waals surface area contributed by atoms with Crippen LogP contribution in [0, 0.1) is 6.92 Å². The minimum absolute atomic E-state index is 0.0908. The van der Waals surface area contributed by atoms with E-state index in [9.17, 15) is 9.59 Å². The molecule has 4 rings (SSSR count). The van der Waals surface area contributed by atoms with Crippen molar-refractivity contribution in [3.63, 3.8) is 0 Å². The number of rotatable bonds is 7. The number of hydrogen-bond acceptors (Lipinski definition) is 7. The topological polar surface area (TPSA) is 114 Å². The van der Waals surface area contributed by atoms with E-state index < -0.39 is 11.2 Å². The Morgan fingerprint density at radius 3 is 2.68 bits per heavy atom. The Hall–Kier alpha value is -3.43. The summed E-state index contributed by atoms with van der Waals surface area (Å²) in [6, 6.07) is 3.60. The zero-order chi connectivity index (χ0) is 19.7. The third-order valence-corrected chi connectivity index (χ3v) is 4.49. The summed E-state index contributed by atoms with van der Waals surface area (Å²) >= 11 is 0. The van der Waals surface area contributed by atoms with Crippen molar-refractivity contribution in [2.24, 2.45) is 0 Å². The Bertz CT molecular complexity index is 1210. The molecule has 4 aromatic rings. The molecule has 0 saturated carbocycles. The third-order valence-electron chi connectivity index (χ3n) is 4.49. The summed E-state index contributed by atoms with van der Waals surface area (Å²) in [4.78, 5) is 30.5. The van der Waals surface area contributed by atoms with Gasteiger partial charge in [0.15, 0.2) is 11.2 Å². The molecule has 0 aliphatic heterocycles. The summed E-state index contributed by atoms with van der Waals surface area (Å²) in [5.74, 6) is 1.26. The molecule has 0 amide bonds. The molecule has 0 aliphatic carbocycles. The molecule has 146 valence electrons. The first-order chi connectivity index (χ1) is 13.6. The van der Waals surface area contributed by atoms with Crippen LogP contribution < -0.4 is 11.2 Å². The van der Waals surface area contributed by atoms with Gasteiger partial charge in [0.05, 0.1) is 19.1 Å². The van der Waals surface area contributed by atoms with Gasteiger partial charge in [-0.2, -0.15) is 0 Å². The van der Waals surface area contributed by atoms with Crippen LogP contribution in [0.5, 0.6) is 0 Å². The maximum absolute atomic E-state index is 13.2. The molecule has 0 spiro atoms. The van der Waals surface area contributed by atoms with Gasteiger partial charge in [-0.3, -0.25) is 9.36 Å². The van der Waals surface area contributed by atoms with Gasteiger partial charge in [0.2, 0.25) is 11.8 Å². The monoisotopic (exact) mass is 384 g/mol. The second-order valence-electron chi connectivity index (χ2n) is 6.52. The maximum Gasteiger partial charge on any atom is 0.333 e. The lowest BCUT2D eigenvalue weighted by Gasteiger charge is -2.11. The zero-order valence-electron chi connectivity index (χ0n) is 15.7. The molecule has 0 radical (unpaired) electrons. The summed E-state index contributed by atoms with van der Waals surface area (Å²) in [7, 11) is 0. The van der Waals surface area contributed by atoms with Crippen LogP contribution in [0.3, 0.4) is 0 Å². The van der Waals surface area contributed by atoms with Crippen LogP contribution in [0.4, 0.5) is 0 Å². The Kier molecular flexibility index (Phi) is 4.68. The van der Waals surface area contributed by atoms with Crippen molar-refractivity contribution >= 4 is 11.2 Å². The van der Waals surface area contributed by atoms with Gasteiger partial charge in [-0.05, 0) is 18.6 Å². The fourth-order valence-corrected chi connectivity index (χ4v) is 3.12. The van der Waals surface area contributed by atoms with E-state index >= 15 is 0 Å². The molecule has 0 unspecified atom stereocenters. The minimum atomic E-state index is -0.451. The van der Waals surface area contributed by atoms with Gasteiger partial charge in [-0.15, -0.1) is 10.2 Å². The number of aromatic nitrogens is 6. The van der Waals surface area contributed by atoms with Gasteiger partial charge in [-0.25, -0.2) is 14.3 Å². The smallest absolute Gasteiger partial charge is 0.333 e. The van der Waals surface area contributed by atoms with Crippen LogP contribution in [0.15, 0.2) is 43.1 Å². The first-order valence-corrected chi connectivity index (χ1v) is 9.08. The van der Waals surface area contributed by atoms with Crippen LogP contribution in [-0.2, 0) is 19.6 Å². The lowest BCUT2D eigenvalue weighted by atomic mass is 10.3. The van der Waals surface area contributed by atoms with Crippen molar-refractivity contribution < 1.29 is 8.83 Å². The first-order valence-electron chi connectivity index (χ1n) is 9.08. The molecular weight excluding hydrogens is 364 g/mol. The Morgan fingerprint density at radius 1 is 1.14 bits per heavy atom. The van der Waals surface area contributed by atoms with Crippen molar-refractivity contribution in [1.82, 2.24) is 28.9 Å². The fourth-order valence-electron chi connectivity index (χ4n) is 3.12. The molecule has 0 fully saturated rings. The molecule has 0 aromatic carbocycles. The third kappa shape index (κ3) is 3.17. The Balaban J connectivity index is 1.89. The highest BCUT2D eigenvalue weighted by atomic mass is 16.4. The standard InChI is InChI=1S/C18H20N6O4/c1-3-4-7-23-16-15(22(11-19-16)9-13-6-5-8-27-13)17(25)24(18(23)26)10-14-21-20-12(2)28-14/h5-6,8,11H,3-4,7,9-10H2,1-2H3. The summed E-state index contributed by atoms with van der Waals surface area (Å²) in [5.41, 5.74) is -0.186. The molecule has 4 aromatic heterocycles. The number of furan rings is 1. The average molecular weight is 384 g/mol. The largest absolute Gasteiger partial charge is 0.467 e. The van der Waals surface area contributed by atoms with Gasteiger partial charge < -0.3 is 13.4 Å². The van der Waals surface area contributed by atoms with Crippen LogP contribution in [0.25, 0.3) is 11.2 Å². The van der Waals surface area contributed by atoms with E-state index in [1.54, 1.807) is 30.1 Å². The average Bonchev–Trinajstić information content (AvgIpc) is 3.41. The molecule has 0 bridgehead atoms. The molecule has 0 N–H and O–H groups in total. The van der Waals surface area contributed by atoms with E-state index in [0.29, 0.717) is 35.9 Å². The highest BCUT2D eigenvalue weighted by Gasteiger charge is 2.20. The van der Waals surface area contributed by atoms with Gasteiger partial charge in [-0.1, -0.05) is 13.3 Å². The van der Waals surface area contributed by atoms with Crippen LogP contribution in [0.2, 0.25) is 0 Å². The Labute approximate surface area is 159 Å². The number of imidazole rings is 1. The van der Waals surface area contributed by atoms with E-state index in [1.807, 2.05) is 13.0 Å². The van der Waals surface area contributed by atoms with E-state index in [-0.39, 0.29) is 12.4 Å². The molecule has 28 heavy (non-hydrogen) atoms. The number of fused-ring (bicyclic) bond motifs is 1. The summed E-state index contributed by atoms with van der Waals surface area (Å²) < 4.78 is 15.1. The molecule has 0 aliphatic rings. The maximum atomic E-state index is 13.2. The molecule has 0 saturated heterocycles. The number of nitrogens with zero attached hydrogens (tertiary/aromatic N) is 6. The Morgan fingerprint density at radius 2 is 2.00 bits per heavy atom. The second-order valence-corrected chi connectivity index (χ2v) is 6.52. The van der Waals surface area contributed by atoms with E-state index in [0.717, 1.165) is 17.4 Å². The number of hydrogen-bond donors (Lipinski definition) is 0. The van der Waals surface area contributed by atoms with E-state index in [4.69, 9.17) is 8.83 Å². The van der Waals surface area contributed by atoms with E-state index in [2.05, 4.69) is 15.2 Å². The van der Waals surface area contributed by atoms with Crippen LogP contribution in [0.1, 0.15) is 37.3 Å². The van der Waals surface area contributed by atoms with Crippen molar-refractivity contribution in [3.8, 4) is 0 Å². The number of unbranched alkanes of at least 4 members (excludes halogenated alkanes) is 1. The fraction of sp³-hybridized carbons (Fsp3) is 0.389. The van der Waals surface area contributed by atoms with Gasteiger partial charge in [0, 0.05) is 13.5 Å². The normalized spacial score (nSPS) is 11.5. The zero-order valence-corrected chi connectivity index (χ0v) is 15.7. The molecule has 10 nitrogen and oxygen atoms in total. The van der Waals surface area contributed by atoms with Crippen LogP contribution in [-0.4, -0.2) is 28.9 Å². The first kappa shape index (κ1) is 18.0. The lowest BCUT2D eigenvalue weighted by molar-refractivity contribution is 0.441. The van der Waals surface area contributed by atoms with Crippen LogP contribution >= 0.6 is 0 Å². The SMILES string of the molecule is CCCCn1c(=O)n(Cc2nnc(C)o2)c(=O)c2c1ncn2Cc1ccco1. The minimum Gasteiger partial charge on any atom is -0.467 e. The van der Waals surface area contributed by atoms with E-state index in [1.165, 1.54) is 4.57 Å². The quantitative estimate of drug-likeness (QED) is 0.475. The van der Waals surface area contributed by atoms with Crippen molar-refractivity contribution in [3.05, 3.63) is 63.1 Å². The second kappa shape index (κ2) is 7.29. The molecule has 4 heterocycles. The van der Waals surface area contributed by atoms with Crippen molar-refractivity contribution in [2.75, 3.05) is 0 Å². The van der Waals surface area contributed by atoms with Gasteiger partial charge >= 0.3 is 5.69 Å². The molecule has 10 heteroatoms. The molecular formula is C18H20N6O4. The highest BCUT2D eigenvalue weighted by Crippen LogP contribution is 2.12. The number of aryl methyl sites for hydroxylation is 2. The summed E-state index contributed by atoms with van der Waals surface area (Å²) in [6.07, 6.45) is 4.82. The molecule has 0 atom stereocenters. The summed E-state index contributed by atoms with van der Waals surface area (Å²) in [5, 5.41) is 7.67. The van der Waals surface area contributed by atoms with Crippen molar-refractivity contribution in [1.29, 1.82) is 0 Å². The van der Waals surface area contributed by atoms with Crippen molar-refractivity contribution in [2.45, 2.75) is 46.3 Å².